The number of hydrogen-bond donors (Lipinski definition) is 0. The van der Waals surface area contributed by atoms with E-state index in [1.54, 1.807) is 30.5 Å². The minimum absolute atomic E-state index is 0.153. The molecule has 0 saturated heterocycles. The van der Waals surface area contributed by atoms with Crippen molar-refractivity contribution in [3.8, 4) is 45.6 Å². The summed E-state index contributed by atoms with van der Waals surface area (Å²) in [6.07, 6.45) is 1.56. The first-order chi connectivity index (χ1) is 15.5. The summed E-state index contributed by atoms with van der Waals surface area (Å²) in [6, 6.07) is 9.83. The van der Waals surface area contributed by atoms with Gasteiger partial charge in [-0.3, -0.25) is 10.1 Å². The molecule has 2 aromatic heterocycles. The summed E-state index contributed by atoms with van der Waals surface area (Å²) < 4.78 is 22.8. The quantitative estimate of drug-likeness (QED) is 0.316. The second kappa shape index (κ2) is 8.38. The maximum absolute atomic E-state index is 11.4. The molecule has 0 bridgehead atoms. The summed E-state index contributed by atoms with van der Waals surface area (Å²) in [5.74, 6) is 2.23. The molecule has 4 aromatic rings. The third kappa shape index (κ3) is 3.49. The van der Waals surface area contributed by atoms with Crippen molar-refractivity contribution in [3.05, 3.63) is 52.7 Å². The van der Waals surface area contributed by atoms with Gasteiger partial charge in [0.15, 0.2) is 23.1 Å². The molecule has 0 amide bonds. The van der Waals surface area contributed by atoms with Crippen molar-refractivity contribution in [1.82, 2.24) is 19.6 Å². The van der Waals surface area contributed by atoms with E-state index < -0.39 is 4.92 Å². The lowest BCUT2D eigenvalue weighted by Gasteiger charge is -2.12. The molecule has 0 unspecified atom stereocenters. The van der Waals surface area contributed by atoms with Crippen LogP contribution in [0.5, 0.6) is 23.0 Å². The highest BCUT2D eigenvalue weighted by atomic mass is 16.6. The molecule has 4 rings (SSSR count). The van der Waals surface area contributed by atoms with Gasteiger partial charge in [-0.05, 0) is 30.3 Å². The molecule has 0 N–H and O–H groups in total. The highest BCUT2D eigenvalue weighted by molar-refractivity contribution is 5.70. The van der Waals surface area contributed by atoms with Gasteiger partial charge in [0, 0.05) is 23.4 Å². The molecule has 0 spiro atoms. The van der Waals surface area contributed by atoms with Crippen LogP contribution in [0, 0.1) is 10.1 Å². The lowest BCUT2D eigenvalue weighted by Crippen LogP contribution is -1.98. The summed E-state index contributed by atoms with van der Waals surface area (Å²) >= 11 is 0. The molecule has 2 heterocycles. The lowest BCUT2D eigenvalue weighted by atomic mass is 10.1. The van der Waals surface area contributed by atoms with Gasteiger partial charge < -0.3 is 18.9 Å². The van der Waals surface area contributed by atoms with Crippen molar-refractivity contribution in [2.75, 3.05) is 28.4 Å². The fourth-order valence-electron chi connectivity index (χ4n) is 3.34. The Morgan fingerprint density at radius 3 is 2.16 bits per heavy atom. The minimum atomic E-state index is -0.497. The second-order valence-electron chi connectivity index (χ2n) is 6.54. The highest BCUT2D eigenvalue weighted by Crippen LogP contribution is 2.40. The number of fused-ring (bicyclic) bond motifs is 1. The molecule has 0 radical (unpaired) electrons. The van der Waals surface area contributed by atoms with Gasteiger partial charge in [0.25, 0.3) is 5.78 Å². The number of ether oxygens (including phenoxy) is 4. The van der Waals surface area contributed by atoms with Gasteiger partial charge in [-0.15, -0.1) is 5.10 Å². The Morgan fingerprint density at radius 1 is 0.875 bits per heavy atom. The zero-order valence-electron chi connectivity index (χ0n) is 17.7. The van der Waals surface area contributed by atoms with Gasteiger partial charge >= 0.3 is 5.69 Å². The van der Waals surface area contributed by atoms with Crippen molar-refractivity contribution in [1.29, 1.82) is 0 Å². The van der Waals surface area contributed by atoms with Crippen LogP contribution >= 0.6 is 0 Å². The van der Waals surface area contributed by atoms with Crippen LogP contribution in [0.3, 0.4) is 0 Å². The molecule has 11 heteroatoms. The number of nitrogens with zero attached hydrogens (tertiary/aromatic N) is 5. The molecular formula is C21H19N5O6. The number of rotatable bonds is 7. The number of methoxy groups -OCH3 is 4. The van der Waals surface area contributed by atoms with Crippen LogP contribution in [-0.2, 0) is 0 Å². The number of benzene rings is 2. The fourth-order valence-corrected chi connectivity index (χ4v) is 3.34. The largest absolute Gasteiger partial charge is 0.493 e. The summed E-state index contributed by atoms with van der Waals surface area (Å²) in [5.41, 5.74) is 1.61. The van der Waals surface area contributed by atoms with Gasteiger partial charge in [-0.1, -0.05) is 0 Å². The predicted molar refractivity (Wildman–Crippen MR) is 115 cm³/mol. The predicted octanol–water partition coefficient (Wildman–Crippen LogP) is 3.40. The van der Waals surface area contributed by atoms with Crippen LogP contribution in [0.1, 0.15) is 0 Å². The molecule has 0 saturated carbocycles. The van der Waals surface area contributed by atoms with E-state index >= 15 is 0 Å². The summed E-state index contributed by atoms with van der Waals surface area (Å²) in [7, 11) is 5.95. The van der Waals surface area contributed by atoms with Crippen LogP contribution in [0.25, 0.3) is 28.4 Å². The monoisotopic (exact) mass is 437 g/mol. The first-order valence-corrected chi connectivity index (χ1v) is 9.35. The molecular weight excluding hydrogens is 418 g/mol. The fraction of sp³-hybridized carbons (Fsp3) is 0.190. The average molecular weight is 437 g/mol. The number of aromatic nitrogens is 4. The van der Waals surface area contributed by atoms with E-state index in [0.717, 1.165) is 0 Å². The Kier molecular flexibility index (Phi) is 5.46. The van der Waals surface area contributed by atoms with E-state index in [2.05, 4.69) is 15.1 Å². The highest BCUT2D eigenvalue weighted by Gasteiger charge is 2.20. The first kappa shape index (κ1) is 20.8. The van der Waals surface area contributed by atoms with Crippen molar-refractivity contribution < 1.29 is 23.9 Å². The zero-order valence-corrected chi connectivity index (χ0v) is 17.7. The normalized spacial score (nSPS) is 10.8. The van der Waals surface area contributed by atoms with Crippen LogP contribution in [0.2, 0.25) is 0 Å². The van der Waals surface area contributed by atoms with Crippen molar-refractivity contribution in [2.45, 2.75) is 0 Å². The van der Waals surface area contributed by atoms with Crippen LogP contribution < -0.4 is 18.9 Å². The van der Waals surface area contributed by atoms with Gasteiger partial charge in [0.1, 0.15) is 0 Å². The third-order valence-corrected chi connectivity index (χ3v) is 4.83. The maximum Gasteiger partial charge on any atom is 0.311 e. The van der Waals surface area contributed by atoms with Crippen LogP contribution in [-0.4, -0.2) is 52.9 Å². The van der Waals surface area contributed by atoms with E-state index in [0.29, 0.717) is 45.7 Å². The van der Waals surface area contributed by atoms with E-state index in [1.165, 1.54) is 45.1 Å². The van der Waals surface area contributed by atoms with Gasteiger partial charge in [0.2, 0.25) is 5.75 Å². The molecule has 164 valence electrons. The van der Waals surface area contributed by atoms with Crippen molar-refractivity contribution >= 4 is 11.5 Å². The molecule has 0 fully saturated rings. The Labute approximate surface area is 182 Å². The van der Waals surface area contributed by atoms with Crippen molar-refractivity contribution in [2.24, 2.45) is 0 Å². The van der Waals surface area contributed by atoms with E-state index in [1.807, 2.05) is 0 Å². The second-order valence-corrected chi connectivity index (χ2v) is 6.54. The number of nitro benzene ring substituents is 1. The molecule has 32 heavy (non-hydrogen) atoms. The first-order valence-electron chi connectivity index (χ1n) is 9.35. The average Bonchev–Trinajstić information content (AvgIpc) is 3.27. The van der Waals surface area contributed by atoms with E-state index in [9.17, 15) is 10.1 Å². The molecule has 0 atom stereocenters. The van der Waals surface area contributed by atoms with E-state index in [-0.39, 0.29) is 11.4 Å². The molecule has 11 nitrogen and oxygen atoms in total. The van der Waals surface area contributed by atoms with Crippen molar-refractivity contribution in [3.63, 3.8) is 0 Å². The topological polar surface area (TPSA) is 123 Å². The smallest absolute Gasteiger partial charge is 0.311 e. The number of nitro groups is 1. The summed E-state index contributed by atoms with van der Waals surface area (Å²) in [6.45, 7) is 0. The summed E-state index contributed by atoms with van der Waals surface area (Å²) in [5, 5.41) is 16.0. The van der Waals surface area contributed by atoms with Gasteiger partial charge in [0.05, 0.1) is 39.1 Å². The SMILES string of the molecule is COc1ccc(-c2ccnc3nc(-c4cc(OC)c(OC)c(OC)c4)nn23)cc1[N+](=O)[O-]. The Balaban J connectivity index is 1.87. The number of hydrogen-bond acceptors (Lipinski definition) is 9. The molecule has 0 aliphatic carbocycles. The van der Waals surface area contributed by atoms with Crippen LogP contribution in [0.4, 0.5) is 5.69 Å². The molecule has 2 aromatic carbocycles. The minimum Gasteiger partial charge on any atom is -0.493 e. The van der Waals surface area contributed by atoms with Crippen LogP contribution in [0.15, 0.2) is 42.6 Å². The lowest BCUT2D eigenvalue weighted by molar-refractivity contribution is -0.385. The zero-order chi connectivity index (χ0) is 22.8. The maximum atomic E-state index is 11.4. The van der Waals surface area contributed by atoms with Gasteiger partial charge in [-0.25, -0.2) is 4.98 Å². The third-order valence-electron chi connectivity index (χ3n) is 4.83. The Bertz CT molecular complexity index is 1290. The Hall–Kier alpha value is -4.41. The molecule has 0 aliphatic heterocycles. The standard InChI is InChI=1S/C21H19N5O6/c1-29-16-6-5-12(9-15(16)26(27)28)14-7-8-22-21-23-20(24-25(14)21)13-10-17(30-2)19(32-4)18(11-13)31-3/h5-11H,1-4H3. The van der Waals surface area contributed by atoms with Gasteiger partial charge in [-0.2, -0.15) is 9.50 Å². The molecule has 0 aliphatic rings. The Morgan fingerprint density at radius 2 is 1.56 bits per heavy atom. The van der Waals surface area contributed by atoms with E-state index in [4.69, 9.17) is 18.9 Å². The summed E-state index contributed by atoms with van der Waals surface area (Å²) in [4.78, 5) is 19.7.